The number of nitrogens with one attached hydrogen (secondary N) is 1. The van der Waals surface area contributed by atoms with E-state index >= 15 is 0 Å². The Morgan fingerprint density at radius 1 is 0.938 bits per heavy atom. The molecule has 6 nitrogen and oxygen atoms in total. The van der Waals surface area contributed by atoms with E-state index in [-0.39, 0.29) is 18.2 Å². The SMILES string of the molecule is CCCNC(=O)c1ccc(-n2nc(C(=O)OCC)cc2-c2ccc3ccccc3c2)cc1. The lowest BCUT2D eigenvalue weighted by Gasteiger charge is -2.10. The van der Waals surface area contributed by atoms with Crippen LogP contribution in [-0.4, -0.2) is 34.8 Å². The summed E-state index contributed by atoms with van der Waals surface area (Å²) in [6.07, 6.45) is 0.878. The fourth-order valence-electron chi connectivity index (χ4n) is 3.53. The first-order chi connectivity index (χ1) is 15.6. The quantitative estimate of drug-likeness (QED) is 0.421. The third-order valence-electron chi connectivity index (χ3n) is 5.15. The average molecular weight is 428 g/mol. The molecule has 162 valence electrons. The number of carbonyl (C=O) groups excluding carboxylic acids is 2. The topological polar surface area (TPSA) is 73.2 Å². The van der Waals surface area contributed by atoms with E-state index in [1.54, 1.807) is 29.8 Å². The van der Waals surface area contributed by atoms with Crippen LogP contribution in [0, 0.1) is 0 Å². The molecule has 0 aliphatic heterocycles. The molecule has 0 atom stereocenters. The van der Waals surface area contributed by atoms with E-state index in [1.807, 2.05) is 43.3 Å². The highest BCUT2D eigenvalue weighted by Gasteiger charge is 2.18. The van der Waals surface area contributed by atoms with Crippen LogP contribution in [0.3, 0.4) is 0 Å². The zero-order valence-electron chi connectivity index (χ0n) is 18.2. The summed E-state index contributed by atoms with van der Waals surface area (Å²) >= 11 is 0. The predicted octanol–water partition coefficient (Wildman–Crippen LogP) is 5.01. The molecular formula is C26H25N3O3. The molecule has 0 fully saturated rings. The van der Waals surface area contributed by atoms with E-state index in [0.29, 0.717) is 12.1 Å². The normalized spacial score (nSPS) is 10.8. The molecule has 0 radical (unpaired) electrons. The van der Waals surface area contributed by atoms with E-state index in [0.717, 1.165) is 34.1 Å². The highest BCUT2D eigenvalue weighted by atomic mass is 16.5. The number of esters is 1. The number of fused-ring (bicyclic) bond motifs is 1. The maximum Gasteiger partial charge on any atom is 0.358 e. The van der Waals surface area contributed by atoms with Crippen LogP contribution in [0.15, 0.2) is 72.8 Å². The summed E-state index contributed by atoms with van der Waals surface area (Å²) in [6.45, 7) is 4.69. The summed E-state index contributed by atoms with van der Waals surface area (Å²) in [5.74, 6) is -0.579. The zero-order valence-corrected chi connectivity index (χ0v) is 18.2. The lowest BCUT2D eigenvalue weighted by atomic mass is 10.0. The van der Waals surface area contributed by atoms with E-state index in [9.17, 15) is 9.59 Å². The molecule has 1 heterocycles. The van der Waals surface area contributed by atoms with Crippen molar-refractivity contribution < 1.29 is 14.3 Å². The summed E-state index contributed by atoms with van der Waals surface area (Å²) < 4.78 is 6.87. The highest BCUT2D eigenvalue weighted by molar-refractivity contribution is 5.94. The minimum absolute atomic E-state index is 0.110. The van der Waals surface area contributed by atoms with Crippen LogP contribution in [0.1, 0.15) is 41.1 Å². The Labute approximate surface area is 186 Å². The van der Waals surface area contributed by atoms with Crippen LogP contribution in [0.5, 0.6) is 0 Å². The molecule has 4 aromatic rings. The fourth-order valence-corrected chi connectivity index (χ4v) is 3.53. The molecule has 1 N–H and O–H groups in total. The van der Waals surface area contributed by atoms with Crippen molar-refractivity contribution in [3.05, 3.63) is 84.1 Å². The second-order valence-electron chi connectivity index (χ2n) is 7.41. The number of hydrogen-bond donors (Lipinski definition) is 1. The van der Waals surface area contributed by atoms with Gasteiger partial charge in [-0.3, -0.25) is 4.79 Å². The van der Waals surface area contributed by atoms with E-state index < -0.39 is 5.97 Å². The van der Waals surface area contributed by atoms with Crippen molar-refractivity contribution in [2.24, 2.45) is 0 Å². The number of amides is 1. The summed E-state index contributed by atoms with van der Waals surface area (Å²) in [4.78, 5) is 24.6. The van der Waals surface area contributed by atoms with Crippen LogP contribution in [0.2, 0.25) is 0 Å². The van der Waals surface area contributed by atoms with Crippen LogP contribution in [-0.2, 0) is 4.74 Å². The van der Waals surface area contributed by atoms with Gasteiger partial charge in [0.25, 0.3) is 5.91 Å². The van der Waals surface area contributed by atoms with Crippen LogP contribution >= 0.6 is 0 Å². The molecule has 32 heavy (non-hydrogen) atoms. The number of carbonyl (C=O) groups is 2. The second-order valence-corrected chi connectivity index (χ2v) is 7.41. The Balaban J connectivity index is 1.76. The molecule has 3 aromatic carbocycles. The number of benzene rings is 3. The molecule has 0 aliphatic carbocycles. The van der Waals surface area contributed by atoms with Gasteiger partial charge in [0.1, 0.15) is 0 Å². The lowest BCUT2D eigenvalue weighted by molar-refractivity contribution is 0.0519. The van der Waals surface area contributed by atoms with Gasteiger partial charge in [0.05, 0.1) is 18.0 Å². The Kier molecular flexibility index (Phi) is 6.31. The Hall–Kier alpha value is -3.93. The minimum atomic E-state index is -0.469. The Morgan fingerprint density at radius 3 is 2.41 bits per heavy atom. The lowest BCUT2D eigenvalue weighted by Crippen LogP contribution is -2.23. The van der Waals surface area contributed by atoms with Gasteiger partial charge < -0.3 is 10.1 Å². The van der Waals surface area contributed by atoms with Gasteiger partial charge in [-0.05, 0) is 60.5 Å². The van der Waals surface area contributed by atoms with Gasteiger partial charge in [-0.1, -0.05) is 43.3 Å². The van der Waals surface area contributed by atoms with Crippen molar-refractivity contribution in [3.63, 3.8) is 0 Å². The van der Waals surface area contributed by atoms with Crippen molar-refractivity contribution in [2.75, 3.05) is 13.2 Å². The smallest absolute Gasteiger partial charge is 0.358 e. The summed E-state index contributed by atoms with van der Waals surface area (Å²) in [5, 5.41) is 9.62. The monoisotopic (exact) mass is 427 g/mol. The predicted molar refractivity (Wildman–Crippen MR) is 125 cm³/mol. The van der Waals surface area contributed by atoms with Crippen LogP contribution in [0.4, 0.5) is 0 Å². The molecule has 1 aromatic heterocycles. The molecule has 0 aliphatic rings. The summed E-state index contributed by atoms with van der Waals surface area (Å²) in [6, 6.07) is 23.2. The van der Waals surface area contributed by atoms with E-state index in [1.165, 1.54) is 0 Å². The first-order valence-corrected chi connectivity index (χ1v) is 10.8. The number of rotatable bonds is 7. The molecule has 4 rings (SSSR count). The van der Waals surface area contributed by atoms with Gasteiger partial charge in [0.15, 0.2) is 5.69 Å². The minimum Gasteiger partial charge on any atom is -0.461 e. The number of ether oxygens (including phenoxy) is 1. The van der Waals surface area contributed by atoms with Crippen LogP contribution < -0.4 is 5.32 Å². The Bertz CT molecular complexity index is 1260. The number of hydrogen-bond acceptors (Lipinski definition) is 4. The highest BCUT2D eigenvalue weighted by Crippen LogP contribution is 2.28. The molecule has 0 bridgehead atoms. The molecule has 6 heteroatoms. The molecule has 0 spiro atoms. The van der Waals surface area contributed by atoms with E-state index in [4.69, 9.17) is 4.74 Å². The first-order valence-electron chi connectivity index (χ1n) is 10.8. The maximum absolute atomic E-state index is 12.4. The van der Waals surface area contributed by atoms with Crippen molar-refractivity contribution in [1.29, 1.82) is 0 Å². The second kappa shape index (κ2) is 9.47. The van der Waals surface area contributed by atoms with Crippen LogP contribution in [0.25, 0.3) is 27.7 Å². The van der Waals surface area contributed by atoms with E-state index in [2.05, 4.69) is 28.6 Å². The van der Waals surface area contributed by atoms with Gasteiger partial charge in [-0.15, -0.1) is 0 Å². The third kappa shape index (κ3) is 4.39. The number of nitrogens with zero attached hydrogens (tertiary/aromatic N) is 2. The fraction of sp³-hybridized carbons (Fsp3) is 0.192. The molecule has 0 saturated carbocycles. The van der Waals surface area contributed by atoms with Gasteiger partial charge in [-0.2, -0.15) is 5.10 Å². The first kappa shape index (κ1) is 21.3. The maximum atomic E-state index is 12.4. The largest absolute Gasteiger partial charge is 0.461 e. The van der Waals surface area contributed by atoms with Crippen molar-refractivity contribution >= 4 is 22.6 Å². The summed E-state index contributed by atoms with van der Waals surface area (Å²) in [5.41, 5.74) is 3.25. The standard InChI is InChI=1S/C26H25N3O3/c1-3-15-27-25(30)19-11-13-22(14-12-19)29-24(17-23(28-29)26(31)32-4-2)21-10-9-18-7-5-6-8-20(18)16-21/h5-14,16-17H,3-4,15H2,1-2H3,(H,27,30). The third-order valence-corrected chi connectivity index (χ3v) is 5.15. The van der Waals surface area contributed by atoms with Crippen molar-refractivity contribution in [2.45, 2.75) is 20.3 Å². The van der Waals surface area contributed by atoms with Gasteiger partial charge in [0.2, 0.25) is 0 Å². The van der Waals surface area contributed by atoms with Gasteiger partial charge >= 0.3 is 5.97 Å². The zero-order chi connectivity index (χ0) is 22.5. The Morgan fingerprint density at radius 2 is 1.69 bits per heavy atom. The van der Waals surface area contributed by atoms with Gasteiger partial charge in [0, 0.05) is 17.7 Å². The average Bonchev–Trinajstić information content (AvgIpc) is 3.28. The number of aromatic nitrogens is 2. The van der Waals surface area contributed by atoms with Crippen molar-refractivity contribution in [1.82, 2.24) is 15.1 Å². The van der Waals surface area contributed by atoms with Gasteiger partial charge in [-0.25, -0.2) is 9.48 Å². The molecule has 1 amide bonds. The molecule has 0 unspecified atom stereocenters. The molecular weight excluding hydrogens is 402 g/mol. The molecule has 0 saturated heterocycles. The van der Waals surface area contributed by atoms with Crippen molar-refractivity contribution in [3.8, 4) is 16.9 Å². The summed E-state index contributed by atoms with van der Waals surface area (Å²) in [7, 11) is 0.